The number of aliphatic hydroxyl groups excluding tert-OH is 4. The van der Waals surface area contributed by atoms with Gasteiger partial charge in [-0.25, -0.2) is 0 Å². The smallest absolute Gasteiger partial charge is 0.547 e. The van der Waals surface area contributed by atoms with Gasteiger partial charge in [0, 0.05) is 0 Å². The minimum absolute atomic E-state index is 0. The Morgan fingerprint density at radius 2 is 1.61 bits per heavy atom. The van der Waals surface area contributed by atoms with Crippen molar-refractivity contribution >= 4 is 5.97 Å². The quantitative estimate of drug-likeness (QED) is 0.188. The Morgan fingerprint density at radius 3 is 2.28 bits per heavy atom. The summed E-state index contributed by atoms with van der Waals surface area (Å²) in [6, 6.07) is 0. The van der Waals surface area contributed by atoms with Gasteiger partial charge >= 0.3 is 29.6 Å². The van der Waals surface area contributed by atoms with Gasteiger partial charge in [0.2, 0.25) is 0 Å². The fraction of sp³-hybridized carbons (Fsp3) is 0.963. The van der Waals surface area contributed by atoms with Gasteiger partial charge in [-0.2, -0.15) is 0 Å². The predicted octanol–water partition coefficient (Wildman–Crippen LogP) is -2.03. The maximum absolute atomic E-state index is 11.3. The SMILES string of the molecule is C[C@]12CCC3C(CC[C@@H]4[13CH2][13C@H](O[C@H]5O[C@H](C(=O)[O-])[C@H](O)[C@@H](O)C5O)[13CH2]C[C@]34C)C1CC[C@@H]2[13C@@H]([13CH3])O.[Na+]. The molecule has 4 unspecified atom stereocenters. The van der Waals surface area contributed by atoms with Crippen molar-refractivity contribution in [2.24, 2.45) is 40.4 Å². The van der Waals surface area contributed by atoms with Crippen molar-refractivity contribution in [1.82, 2.24) is 0 Å². The summed E-state index contributed by atoms with van der Waals surface area (Å²) < 4.78 is 11.4. The van der Waals surface area contributed by atoms with Crippen molar-refractivity contribution in [2.45, 2.75) is 121 Å². The third-order valence-electron chi connectivity index (χ3n) is 11.4. The fourth-order valence-corrected chi connectivity index (χ4v) is 9.52. The van der Waals surface area contributed by atoms with Gasteiger partial charge in [0.05, 0.1) is 18.2 Å². The number of rotatable bonds is 4. The molecular formula is C27H43NaO8. The molecule has 1 aliphatic heterocycles. The van der Waals surface area contributed by atoms with E-state index in [4.69, 9.17) is 9.47 Å². The van der Waals surface area contributed by atoms with Crippen molar-refractivity contribution < 1.29 is 69.4 Å². The number of hydrogen-bond donors (Lipinski definition) is 4. The Bertz CT molecular complexity index is 811. The Balaban J connectivity index is 0.00000304. The second-order valence-electron chi connectivity index (χ2n) is 12.9. The number of aliphatic carboxylic acids is 1. The van der Waals surface area contributed by atoms with Gasteiger partial charge in [0.1, 0.15) is 24.4 Å². The van der Waals surface area contributed by atoms with Crippen LogP contribution in [0.5, 0.6) is 0 Å². The largest absolute Gasteiger partial charge is 1.00 e. The molecule has 0 amide bonds. The summed E-state index contributed by atoms with van der Waals surface area (Å²) in [5.41, 5.74) is 0.469. The standard InChI is InChI=1S/C27H44O8.Na/c1-13(28)17-6-7-18-16-5-4-14-12-15(8-10-26(14,2)19(16)9-11-27(17,18)3)34-25-22(31)20(29)21(30)23(35-25)24(32)33;/h13-23,25,28-31H,4-12H2,1-3H3,(H,32,33);/q;+1/p-1/t13-,14-,15-,16?,17-,18?,19?,20-,21-,22?,23+,25+,26+,27-;/m1./s1/i1+1,8+1,12+1,13+1,15+1;. The maximum Gasteiger partial charge on any atom is 1.00 e. The van der Waals surface area contributed by atoms with Gasteiger partial charge in [-0.05, 0) is 105 Å². The number of hydrogen-bond acceptors (Lipinski definition) is 8. The Labute approximate surface area is 236 Å². The normalized spacial score (nSPS) is 53.4. The van der Waals surface area contributed by atoms with Gasteiger partial charge in [-0.1, -0.05) is 13.8 Å². The summed E-state index contributed by atoms with van der Waals surface area (Å²) >= 11 is 0. The van der Waals surface area contributed by atoms with Crippen LogP contribution >= 0.6 is 0 Å². The zero-order valence-electron chi connectivity index (χ0n) is 22.2. The molecule has 14 atom stereocenters. The second-order valence-corrected chi connectivity index (χ2v) is 12.9. The van der Waals surface area contributed by atoms with Crippen molar-refractivity contribution in [2.75, 3.05) is 0 Å². The molecule has 4 saturated carbocycles. The molecule has 0 aromatic rings. The van der Waals surface area contributed by atoms with E-state index in [-0.39, 0.29) is 52.6 Å². The van der Waals surface area contributed by atoms with Crippen LogP contribution in [0.2, 0.25) is 0 Å². The van der Waals surface area contributed by atoms with E-state index in [2.05, 4.69) is 13.8 Å². The van der Waals surface area contributed by atoms with E-state index in [1.54, 1.807) is 0 Å². The molecule has 5 fully saturated rings. The second kappa shape index (κ2) is 10.7. The van der Waals surface area contributed by atoms with Gasteiger partial charge in [0.15, 0.2) is 6.29 Å². The zero-order valence-corrected chi connectivity index (χ0v) is 24.2. The van der Waals surface area contributed by atoms with E-state index in [0.29, 0.717) is 29.6 Å². The van der Waals surface area contributed by atoms with Gasteiger partial charge in [-0.3, -0.25) is 0 Å². The topological polar surface area (TPSA) is 140 Å². The van der Waals surface area contributed by atoms with E-state index >= 15 is 0 Å². The first kappa shape index (κ1) is 29.2. The van der Waals surface area contributed by atoms with Crippen molar-refractivity contribution in [3.63, 3.8) is 0 Å². The summed E-state index contributed by atoms with van der Waals surface area (Å²) in [4.78, 5) is 11.3. The van der Waals surface area contributed by atoms with Gasteiger partial charge in [-0.15, -0.1) is 0 Å². The van der Waals surface area contributed by atoms with Gasteiger partial charge in [0.25, 0.3) is 0 Å². The number of carbonyl (C=O) groups is 1. The van der Waals surface area contributed by atoms with Gasteiger partial charge < -0.3 is 39.8 Å². The molecule has 8 nitrogen and oxygen atoms in total. The van der Waals surface area contributed by atoms with Crippen LogP contribution in [0.25, 0.3) is 0 Å². The molecule has 4 aliphatic carbocycles. The molecule has 0 aromatic heterocycles. The van der Waals surface area contributed by atoms with E-state index in [0.717, 1.165) is 32.1 Å². The van der Waals surface area contributed by atoms with E-state index in [1.807, 2.05) is 6.92 Å². The molecule has 5 aliphatic rings. The molecule has 1 saturated heterocycles. The van der Waals surface area contributed by atoms with Crippen molar-refractivity contribution in [3.8, 4) is 0 Å². The zero-order chi connectivity index (χ0) is 25.3. The Morgan fingerprint density at radius 1 is 0.944 bits per heavy atom. The minimum atomic E-state index is -1.76. The summed E-state index contributed by atoms with van der Waals surface area (Å²) in [5.74, 6) is 1.32. The van der Waals surface area contributed by atoms with Crippen LogP contribution in [0.15, 0.2) is 0 Å². The summed E-state index contributed by atoms with van der Waals surface area (Å²) in [7, 11) is 0. The monoisotopic (exact) mass is 523 g/mol. The minimum Gasteiger partial charge on any atom is -0.547 e. The molecule has 0 spiro atoms. The molecule has 0 radical (unpaired) electrons. The van der Waals surface area contributed by atoms with Crippen LogP contribution in [0.4, 0.5) is 0 Å². The number of aliphatic hydroxyl groups is 4. The predicted molar refractivity (Wildman–Crippen MR) is 123 cm³/mol. The molecule has 0 bridgehead atoms. The summed E-state index contributed by atoms with van der Waals surface area (Å²) in [5, 5.41) is 52.1. The summed E-state index contributed by atoms with van der Waals surface area (Å²) in [6.07, 6.45) is 1.24. The third kappa shape index (κ3) is 4.64. The van der Waals surface area contributed by atoms with Crippen LogP contribution in [0.1, 0.15) is 78.6 Å². The van der Waals surface area contributed by atoms with Crippen LogP contribution < -0.4 is 34.7 Å². The number of carboxylic acid groups (broad SMARTS) is 1. The van der Waals surface area contributed by atoms with Crippen molar-refractivity contribution in [3.05, 3.63) is 0 Å². The average molecular weight is 524 g/mol. The number of carbonyl (C=O) groups excluding carboxylic acids is 1. The average Bonchev–Trinajstić information content (AvgIpc) is 3.17. The third-order valence-corrected chi connectivity index (χ3v) is 11.4. The molecular weight excluding hydrogens is 480 g/mol. The van der Waals surface area contributed by atoms with E-state index in [1.165, 1.54) is 25.7 Å². The fourth-order valence-electron chi connectivity index (χ4n) is 9.52. The van der Waals surface area contributed by atoms with E-state index < -0.39 is 36.7 Å². The molecule has 36 heavy (non-hydrogen) atoms. The molecule has 1 heterocycles. The molecule has 200 valence electrons. The first-order valence-electron chi connectivity index (χ1n) is 13.7. The molecule has 9 heteroatoms. The van der Waals surface area contributed by atoms with Crippen LogP contribution in [0, 0.1) is 40.4 Å². The first-order chi connectivity index (χ1) is 16.5. The molecule has 0 aromatic carbocycles. The summed E-state index contributed by atoms with van der Waals surface area (Å²) in [6.45, 7) is 6.84. The Hall–Kier alpha value is 0.230. The van der Waals surface area contributed by atoms with Crippen LogP contribution in [-0.2, 0) is 14.3 Å². The van der Waals surface area contributed by atoms with Crippen molar-refractivity contribution in [1.29, 1.82) is 0 Å². The van der Waals surface area contributed by atoms with Crippen LogP contribution in [-0.4, -0.2) is 69.3 Å². The molecule has 5 rings (SSSR count). The Kier molecular flexibility index (Phi) is 8.65. The van der Waals surface area contributed by atoms with E-state index in [9.17, 15) is 30.3 Å². The maximum atomic E-state index is 11.3. The number of carboxylic acids is 1. The molecule has 4 N–H and O–H groups in total. The number of fused-ring (bicyclic) bond motifs is 5. The number of ether oxygens (including phenoxy) is 2. The van der Waals surface area contributed by atoms with Crippen LogP contribution in [0.3, 0.4) is 0 Å². The first-order valence-corrected chi connectivity index (χ1v) is 13.7.